The van der Waals surface area contributed by atoms with Crippen LogP contribution in [0.25, 0.3) is 0 Å². The number of rotatable bonds is 6. The van der Waals surface area contributed by atoms with Gasteiger partial charge in [0, 0.05) is 0 Å². The van der Waals surface area contributed by atoms with Crippen molar-refractivity contribution in [2.75, 3.05) is 18.5 Å². The van der Waals surface area contributed by atoms with Crippen LogP contribution < -0.4 is 10.1 Å². The largest absolute Gasteiger partial charge is 0.491 e. The standard InChI is InChI=1S/C15H23NO3/c1-5-10-18-13-9-7-6-8-12(13)16-14(17)11-19-15(2,3)4/h6-9H,5,10-11H2,1-4H3,(H,16,17). The minimum absolute atomic E-state index is 0.0333. The van der Waals surface area contributed by atoms with E-state index in [-0.39, 0.29) is 18.1 Å². The van der Waals surface area contributed by atoms with Crippen molar-refractivity contribution in [1.82, 2.24) is 0 Å². The van der Waals surface area contributed by atoms with E-state index in [1.54, 1.807) is 0 Å². The summed E-state index contributed by atoms with van der Waals surface area (Å²) < 4.78 is 11.0. The molecule has 1 N–H and O–H groups in total. The topological polar surface area (TPSA) is 47.6 Å². The zero-order valence-corrected chi connectivity index (χ0v) is 12.2. The molecule has 0 saturated carbocycles. The first kappa shape index (κ1) is 15.5. The maximum Gasteiger partial charge on any atom is 0.250 e. The summed E-state index contributed by atoms with van der Waals surface area (Å²) in [6.45, 7) is 8.45. The van der Waals surface area contributed by atoms with Crippen molar-refractivity contribution in [2.45, 2.75) is 39.7 Å². The van der Waals surface area contributed by atoms with Crippen LogP contribution in [0.4, 0.5) is 5.69 Å². The number of ether oxygens (including phenoxy) is 2. The summed E-state index contributed by atoms with van der Waals surface area (Å²) in [6.07, 6.45) is 0.926. The minimum atomic E-state index is -0.324. The monoisotopic (exact) mass is 265 g/mol. The summed E-state index contributed by atoms with van der Waals surface area (Å²) >= 11 is 0. The smallest absolute Gasteiger partial charge is 0.250 e. The third-order valence-electron chi connectivity index (χ3n) is 2.26. The highest BCUT2D eigenvalue weighted by Gasteiger charge is 2.14. The summed E-state index contributed by atoms with van der Waals surface area (Å²) in [5.41, 5.74) is 0.355. The van der Waals surface area contributed by atoms with Gasteiger partial charge in [0.15, 0.2) is 0 Å². The number of amides is 1. The molecule has 1 aromatic carbocycles. The van der Waals surface area contributed by atoms with Gasteiger partial charge in [0.1, 0.15) is 12.4 Å². The van der Waals surface area contributed by atoms with E-state index in [4.69, 9.17) is 9.47 Å². The first-order chi connectivity index (χ1) is 8.92. The lowest BCUT2D eigenvalue weighted by molar-refractivity contribution is -0.125. The highest BCUT2D eigenvalue weighted by Crippen LogP contribution is 2.23. The Bertz CT molecular complexity index is 410. The molecule has 0 fully saturated rings. The van der Waals surface area contributed by atoms with Crippen molar-refractivity contribution in [3.8, 4) is 5.75 Å². The molecule has 4 heteroatoms. The minimum Gasteiger partial charge on any atom is -0.491 e. The Kier molecular flexibility index (Phi) is 5.83. The molecule has 1 rings (SSSR count). The van der Waals surface area contributed by atoms with Gasteiger partial charge in [-0.2, -0.15) is 0 Å². The Morgan fingerprint density at radius 1 is 1.26 bits per heavy atom. The fraction of sp³-hybridized carbons (Fsp3) is 0.533. The van der Waals surface area contributed by atoms with Gasteiger partial charge in [-0.3, -0.25) is 4.79 Å². The Balaban J connectivity index is 2.58. The molecule has 1 aromatic rings. The molecule has 106 valence electrons. The number of hydrogen-bond acceptors (Lipinski definition) is 3. The van der Waals surface area contributed by atoms with Gasteiger partial charge in [-0.1, -0.05) is 19.1 Å². The third-order valence-corrected chi connectivity index (χ3v) is 2.26. The quantitative estimate of drug-likeness (QED) is 0.859. The van der Waals surface area contributed by atoms with Crippen LogP contribution in [0.5, 0.6) is 5.75 Å². The molecule has 0 bridgehead atoms. The number of carbonyl (C=O) groups is 1. The van der Waals surface area contributed by atoms with Crippen LogP contribution in [0.2, 0.25) is 0 Å². The summed E-state index contributed by atoms with van der Waals surface area (Å²) in [4.78, 5) is 11.8. The van der Waals surface area contributed by atoms with Crippen molar-refractivity contribution >= 4 is 11.6 Å². The second kappa shape index (κ2) is 7.14. The van der Waals surface area contributed by atoms with E-state index in [9.17, 15) is 4.79 Å². The third kappa shape index (κ3) is 6.25. The van der Waals surface area contributed by atoms with Gasteiger partial charge < -0.3 is 14.8 Å². The van der Waals surface area contributed by atoms with Crippen molar-refractivity contribution in [3.63, 3.8) is 0 Å². The Morgan fingerprint density at radius 3 is 2.58 bits per heavy atom. The second-order valence-corrected chi connectivity index (χ2v) is 5.29. The van der Waals surface area contributed by atoms with Crippen molar-refractivity contribution in [1.29, 1.82) is 0 Å². The van der Waals surface area contributed by atoms with Crippen LogP contribution in [-0.4, -0.2) is 24.7 Å². The van der Waals surface area contributed by atoms with Crippen LogP contribution in [0.1, 0.15) is 34.1 Å². The zero-order chi connectivity index (χ0) is 14.3. The van der Waals surface area contributed by atoms with Crippen molar-refractivity contribution in [2.24, 2.45) is 0 Å². The molecule has 1 amide bonds. The average Bonchev–Trinajstić information content (AvgIpc) is 2.34. The molecule has 0 spiro atoms. The van der Waals surface area contributed by atoms with E-state index >= 15 is 0 Å². The number of benzene rings is 1. The molecule has 0 atom stereocenters. The highest BCUT2D eigenvalue weighted by atomic mass is 16.5. The number of hydrogen-bond donors (Lipinski definition) is 1. The highest BCUT2D eigenvalue weighted by molar-refractivity contribution is 5.93. The van der Waals surface area contributed by atoms with Crippen LogP contribution in [0.3, 0.4) is 0 Å². The van der Waals surface area contributed by atoms with E-state index in [0.717, 1.165) is 6.42 Å². The summed E-state index contributed by atoms with van der Waals surface area (Å²) in [5.74, 6) is 0.510. The van der Waals surface area contributed by atoms with Gasteiger partial charge in [0.25, 0.3) is 0 Å². The SMILES string of the molecule is CCCOc1ccccc1NC(=O)COC(C)(C)C. The summed E-state index contributed by atoms with van der Waals surface area (Å²) in [7, 11) is 0. The molecular formula is C15H23NO3. The molecule has 0 heterocycles. The summed E-state index contributed by atoms with van der Waals surface area (Å²) in [6, 6.07) is 7.40. The van der Waals surface area contributed by atoms with Gasteiger partial charge in [0.05, 0.1) is 17.9 Å². The Morgan fingerprint density at radius 2 is 1.95 bits per heavy atom. The fourth-order valence-corrected chi connectivity index (χ4v) is 1.38. The average molecular weight is 265 g/mol. The summed E-state index contributed by atoms with van der Waals surface area (Å²) in [5, 5.41) is 2.80. The predicted octanol–water partition coefficient (Wildman–Crippen LogP) is 3.23. The second-order valence-electron chi connectivity index (χ2n) is 5.29. The Labute approximate surface area is 115 Å². The normalized spacial score (nSPS) is 11.2. The van der Waals surface area contributed by atoms with Gasteiger partial charge in [-0.05, 0) is 39.3 Å². The first-order valence-corrected chi connectivity index (χ1v) is 6.58. The molecule has 0 saturated heterocycles. The van der Waals surface area contributed by atoms with E-state index in [1.165, 1.54) is 0 Å². The van der Waals surface area contributed by atoms with Crippen molar-refractivity contribution < 1.29 is 14.3 Å². The maximum atomic E-state index is 11.8. The molecule has 0 aromatic heterocycles. The molecule has 19 heavy (non-hydrogen) atoms. The van der Waals surface area contributed by atoms with Crippen molar-refractivity contribution in [3.05, 3.63) is 24.3 Å². The van der Waals surface area contributed by atoms with Crippen LogP contribution in [-0.2, 0) is 9.53 Å². The molecular weight excluding hydrogens is 242 g/mol. The number of para-hydroxylation sites is 2. The zero-order valence-electron chi connectivity index (χ0n) is 12.2. The number of nitrogens with one attached hydrogen (secondary N) is 1. The molecule has 0 unspecified atom stereocenters. The molecule has 4 nitrogen and oxygen atoms in total. The van der Waals surface area contributed by atoms with E-state index in [0.29, 0.717) is 18.0 Å². The number of carbonyl (C=O) groups excluding carboxylic acids is 1. The van der Waals surface area contributed by atoms with Gasteiger partial charge in [-0.15, -0.1) is 0 Å². The lowest BCUT2D eigenvalue weighted by Crippen LogP contribution is -2.27. The lowest BCUT2D eigenvalue weighted by Gasteiger charge is -2.19. The molecule has 0 aliphatic rings. The molecule has 0 aliphatic carbocycles. The van der Waals surface area contributed by atoms with Gasteiger partial charge in [-0.25, -0.2) is 0 Å². The van der Waals surface area contributed by atoms with Crippen LogP contribution in [0.15, 0.2) is 24.3 Å². The van der Waals surface area contributed by atoms with Crippen LogP contribution in [0, 0.1) is 0 Å². The molecule has 0 radical (unpaired) electrons. The maximum absolute atomic E-state index is 11.8. The van der Waals surface area contributed by atoms with Crippen LogP contribution >= 0.6 is 0 Å². The Hall–Kier alpha value is -1.55. The van der Waals surface area contributed by atoms with E-state index in [1.807, 2.05) is 52.0 Å². The first-order valence-electron chi connectivity index (χ1n) is 6.58. The van der Waals surface area contributed by atoms with E-state index < -0.39 is 0 Å². The fourth-order valence-electron chi connectivity index (χ4n) is 1.38. The lowest BCUT2D eigenvalue weighted by atomic mass is 10.2. The van der Waals surface area contributed by atoms with E-state index in [2.05, 4.69) is 5.32 Å². The van der Waals surface area contributed by atoms with Gasteiger partial charge in [0.2, 0.25) is 5.91 Å². The molecule has 0 aliphatic heterocycles. The predicted molar refractivity (Wildman–Crippen MR) is 76.6 cm³/mol. The number of anilines is 1. The van der Waals surface area contributed by atoms with Gasteiger partial charge >= 0.3 is 0 Å².